The summed E-state index contributed by atoms with van der Waals surface area (Å²) < 4.78 is 27.6. The molecule has 0 aromatic heterocycles. The summed E-state index contributed by atoms with van der Waals surface area (Å²) in [4.78, 5) is 0.337. The average molecular weight is 363 g/mol. The van der Waals surface area contributed by atoms with E-state index in [9.17, 15) is 8.42 Å². The molecule has 1 aromatic carbocycles. The second-order valence-electron chi connectivity index (χ2n) is 4.85. The van der Waals surface area contributed by atoms with Crippen LogP contribution in [0.5, 0.6) is 0 Å². The maximum atomic E-state index is 12.7. The summed E-state index contributed by atoms with van der Waals surface area (Å²) >= 11 is 3.35. The number of nitrogens with one attached hydrogen (secondary N) is 1. The number of sulfonamides is 1. The summed E-state index contributed by atoms with van der Waals surface area (Å²) in [6, 6.07) is 5.41. The van der Waals surface area contributed by atoms with Gasteiger partial charge >= 0.3 is 0 Å². The van der Waals surface area contributed by atoms with Crippen LogP contribution in [-0.2, 0) is 16.6 Å². The SMILES string of the molecule is CCNCc1ccc(Br)c(S(=O)(=O)N(CC)C(C)C)c1. The van der Waals surface area contributed by atoms with Gasteiger partial charge in [0, 0.05) is 23.6 Å². The molecule has 1 aromatic rings. The smallest absolute Gasteiger partial charge is 0.244 e. The van der Waals surface area contributed by atoms with E-state index in [-0.39, 0.29) is 6.04 Å². The molecule has 0 fully saturated rings. The van der Waals surface area contributed by atoms with Crippen LogP contribution < -0.4 is 5.32 Å². The minimum Gasteiger partial charge on any atom is -0.313 e. The number of rotatable bonds is 7. The van der Waals surface area contributed by atoms with E-state index in [1.807, 2.05) is 33.8 Å². The molecule has 1 rings (SSSR count). The van der Waals surface area contributed by atoms with Crippen LogP contribution in [0.4, 0.5) is 0 Å². The third kappa shape index (κ3) is 4.04. The molecule has 20 heavy (non-hydrogen) atoms. The molecule has 0 amide bonds. The highest BCUT2D eigenvalue weighted by molar-refractivity contribution is 9.10. The largest absolute Gasteiger partial charge is 0.313 e. The Hall–Kier alpha value is -0.430. The van der Waals surface area contributed by atoms with Crippen LogP contribution in [0, 0.1) is 0 Å². The van der Waals surface area contributed by atoms with E-state index in [1.165, 1.54) is 4.31 Å². The van der Waals surface area contributed by atoms with Crippen molar-refractivity contribution < 1.29 is 8.42 Å². The number of hydrogen-bond donors (Lipinski definition) is 1. The van der Waals surface area contributed by atoms with Crippen molar-refractivity contribution in [1.82, 2.24) is 9.62 Å². The highest BCUT2D eigenvalue weighted by Crippen LogP contribution is 2.27. The first-order valence-corrected chi connectivity index (χ1v) is 9.08. The first-order valence-electron chi connectivity index (χ1n) is 6.85. The zero-order valence-electron chi connectivity index (χ0n) is 12.5. The highest BCUT2D eigenvalue weighted by atomic mass is 79.9. The van der Waals surface area contributed by atoms with E-state index >= 15 is 0 Å². The maximum absolute atomic E-state index is 12.7. The van der Waals surface area contributed by atoms with Crippen LogP contribution in [0.15, 0.2) is 27.6 Å². The Bertz CT molecular complexity index is 544. The van der Waals surface area contributed by atoms with Gasteiger partial charge in [-0.25, -0.2) is 8.42 Å². The summed E-state index contributed by atoms with van der Waals surface area (Å²) in [6.07, 6.45) is 0. The van der Waals surface area contributed by atoms with Crippen LogP contribution in [0.2, 0.25) is 0 Å². The molecule has 114 valence electrons. The van der Waals surface area contributed by atoms with Gasteiger partial charge in [0.25, 0.3) is 0 Å². The third-order valence-electron chi connectivity index (χ3n) is 3.05. The molecule has 0 saturated heterocycles. The summed E-state index contributed by atoms with van der Waals surface area (Å²) in [5.74, 6) is 0. The standard InChI is InChI=1S/C14H23BrN2O2S/c1-5-16-10-12-7-8-13(15)14(9-12)20(18,19)17(6-2)11(3)4/h7-9,11,16H,5-6,10H2,1-4H3. The zero-order chi connectivity index (χ0) is 15.3. The minimum absolute atomic E-state index is 0.0608. The Labute approximate surface area is 130 Å². The van der Waals surface area contributed by atoms with Gasteiger partial charge in [0.2, 0.25) is 10.0 Å². The normalized spacial score (nSPS) is 12.3. The Morgan fingerprint density at radius 1 is 1.30 bits per heavy atom. The van der Waals surface area contributed by atoms with Crippen molar-refractivity contribution in [3.05, 3.63) is 28.2 Å². The van der Waals surface area contributed by atoms with Crippen molar-refractivity contribution in [1.29, 1.82) is 0 Å². The minimum atomic E-state index is -3.47. The lowest BCUT2D eigenvalue weighted by Crippen LogP contribution is -2.36. The molecule has 0 spiro atoms. The molecule has 0 aliphatic carbocycles. The molecule has 0 radical (unpaired) electrons. The Morgan fingerprint density at radius 2 is 1.95 bits per heavy atom. The van der Waals surface area contributed by atoms with Crippen LogP contribution in [0.25, 0.3) is 0 Å². The first-order chi connectivity index (χ1) is 9.34. The van der Waals surface area contributed by atoms with Crippen LogP contribution in [0.3, 0.4) is 0 Å². The molecule has 1 N–H and O–H groups in total. The van der Waals surface area contributed by atoms with E-state index in [0.717, 1.165) is 12.1 Å². The predicted octanol–water partition coefficient (Wildman–Crippen LogP) is 2.98. The molecular formula is C14H23BrN2O2S. The Balaban J connectivity index is 3.22. The topological polar surface area (TPSA) is 49.4 Å². The Morgan fingerprint density at radius 3 is 2.45 bits per heavy atom. The molecule has 0 bridgehead atoms. The lowest BCUT2D eigenvalue weighted by Gasteiger charge is -2.25. The quantitative estimate of drug-likeness (QED) is 0.810. The Kier molecular flexibility index (Phi) is 6.64. The molecule has 4 nitrogen and oxygen atoms in total. The van der Waals surface area contributed by atoms with Gasteiger partial charge in [-0.1, -0.05) is 19.9 Å². The van der Waals surface area contributed by atoms with E-state index in [0.29, 0.717) is 22.5 Å². The lowest BCUT2D eigenvalue weighted by molar-refractivity contribution is 0.369. The molecule has 0 heterocycles. The molecule has 0 aliphatic rings. The van der Waals surface area contributed by atoms with E-state index < -0.39 is 10.0 Å². The van der Waals surface area contributed by atoms with Gasteiger partial charge in [0.1, 0.15) is 0 Å². The highest BCUT2D eigenvalue weighted by Gasteiger charge is 2.27. The van der Waals surface area contributed by atoms with Gasteiger partial charge in [-0.3, -0.25) is 0 Å². The number of hydrogen-bond acceptors (Lipinski definition) is 3. The van der Waals surface area contributed by atoms with Gasteiger partial charge in [-0.2, -0.15) is 4.31 Å². The van der Waals surface area contributed by atoms with Gasteiger partial charge in [-0.05, 0) is 54.0 Å². The van der Waals surface area contributed by atoms with Crippen molar-refractivity contribution in [3.8, 4) is 0 Å². The summed E-state index contributed by atoms with van der Waals surface area (Å²) in [7, 11) is -3.47. The van der Waals surface area contributed by atoms with Crippen molar-refractivity contribution in [2.75, 3.05) is 13.1 Å². The number of halogens is 1. The molecule has 0 saturated carbocycles. The predicted molar refractivity (Wildman–Crippen MR) is 86.2 cm³/mol. The van der Waals surface area contributed by atoms with Crippen molar-refractivity contribution in [2.45, 2.75) is 45.2 Å². The summed E-state index contributed by atoms with van der Waals surface area (Å²) in [5, 5.41) is 3.20. The van der Waals surface area contributed by atoms with Crippen LogP contribution in [0.1, 0.15) is 33.3 Å². The fraction of sp³-hybridized carbons (Fsp3) is 0.571. The number of nitrogens with zero attached hydrogens (tertiary/aromatic N) is 1. The third-order valence-corrected chi connectivity index (χ3v) is 6.19. The van der Waals surface area contributed by atoms with Crippen LogP contribution >= 0.6 is 15.9 Å². The molecule has 6 heteroatoms. The van der Waals surface area contributed by atoms with E-state index in [1.54, 1.807) is 12.1 Å². The monoisotopic (exact) mass is 362 g/mol. The van der Waals surface area contributed by atoms with Gasteiger partial charge in [0.05, 0.1) is 4.90 Å². The summed E-state index contributed by atoms with van der Waals surface area (Å²) in [6.45, 7) is 9.63. The van der Waals surface area contributed by atoms with Gasteiger partial charge in [-0.15, -0.1) is 0 Å². The lowest BCUT2D eigenvalue weighted by atomic mass is 10.2. The van der Waals surface area contributed by atoms with Crippen molar-refractivity contribution in [3.63, 3.8) is 0 Å². The summed E-state index contributed by atoms with van der Waals surface area (Å²) in [5.41, 5.74) is 0.966. The van der Waals surface area contributed by atoms with Gasteiger partial charge < -0.3 is 5.32 Å². The van der Waals surface area contributed by atoms with Crippen molar-refractivity contribution in [2.24, 2.45) is 0 Å². The van der Waals surface area contributed by atoms with Gasteiger partial charge in [0.15, 0.2) is 0 Å². The van der Waals surface area contributed by atoms with E-state index in [2.05, 4.69) is 21.2 Å². The first kappa shape index (κ1) is 17.6. The van der Waals surface area contributed by atoms with Crippen LogP contribution in [-0.4, -0.2) is 31.9 Å². The van der Waals surface area contributed by atoms with Crippen molar-refractivity contribution >= 4 is 26.0 Å². The molecular weight excluding hydrogens is 340 g/mol. The average Bonchev–Trinajstić information content (AvgIpc) is 2.37. The fourth-order valence-electron chi connectivity index (χ4n) is 2.06. The molecule has 0 unspecified atom stereocenters. The second kappa shape index (κ2) is 7.54. The number of benzene rings is 1. The van der Waals surface area contributed by atoms with E-state index in [4.69, 9.17) is 0 Å². The fourth-order valence-corrected chi connectivity index (χ4v) is 4.69. The zero-order valence-corrected chi connectivity index (χ0v) is 14.9. The molecule has 0 atom stereocenters. The maximum Gasteiger partial charge on any atom is 0.244 e. The second-order valence-corrected chi connectivity index (χ2v) is 7.56. The molecule has 0 aliphatic heterocycles.